The van der Waals surface area contributed by atoms with E-state index in [2.05, 4.69) is 201 Å². The summed E-state index contributed by atoms with van der Waals surface area (Å²) in [4.78, 5) is 26.5. The van der Waals surface area contributed by atoms with E-state index in [0.29, 0.717) is 17.5 Å². The maximum atomic E-state index is 5.55. The first-order valence-corrected chi connectivity index (χ1v) is 23.5. The molecule has 0 fully saturated rings. The van der Waals surface area contributed by atoms with Crippen LogP contribution in [0.5, 0.6) is 0 Å². The van der Waals surface area contributed by atoms with Gasteiger partial charge < -0.3 is 13.7 Å². The first-order chi connectivity index (χ1) is 33.7. The van der Waals surface area contributed by atoms with Gasteiger partial charge in [0.2, 0.25) is 0 Å². The fraction of sp³-hybridized carbons (Fsp3) is 0.0984. The minimum Gasteiger partial charge on any atom is -0.307 e. The van der Waals surface area contributed by atoms with Crippen LogP contribution in [0.2, 0.25) is 0 Å². The van der Waals surface area contributed by atoms with Crippen LogP contribution in [0.3, 0.4) is 0 Å². The van der Waals surface area contributed by atoms with Gasteiger partial charge in [-0.2, -0.15) is 0 Å². The Bertz CT molecular complexity index is 3860. The predicted octanol–water partition coefficient (Wildman–Crippen LogP) is 14.8. The summed E-state index contributed by atoms with van der Waals surface area (Å²) in [7, 11) is 0. The molecule has 69 heavy (non-hydrogen) atoms. The highest BCUT2D eigenvalue weighted by Gasteiger charge is 2.28. The van der Waals surface area contributed by atoms with Crippen molar-refractivity contribution >= 4 is 65.7 Å². The number of benzene rings is 7. The molecule has 6 heterocycles. The van der Waals surface area contributed by atoms with E-state index in [-0.39, 0.29) is 0 Å². The SMILES string of the molecule is Cc1cc(C)c(-c2nc(-c3cc(-n4c5ccccc5c5ccccc54)c(-n4c5cccnc5c5ncccc54)c(-n4c5ccccc5c5ccccc54)c3)nc(-c3c(C)cc(C)cc3C)n2)c(C)c1. The minimum absolute atomic E-state index is 0.579. The summed E-state index contributed by atoms with van der Waals surface area (Å²) in [5.74, 6) is 1.87. The Kier molecular flexibility index (Phi) is 9.04. The molecule has 0 aliphatic rings. The number of para-hydroxylation sites is 4. The van der Waals surface area contributed by atoms with Gasteiger partial charge in [0.15, 0.2) is 17.5 Å². The molecule has 0 atom stereocenters. The lowest BCUT2D eigenvalue weighted by molar-refractivity contribution is 1.03. The molecule has 0 unspecified atom stereocenters. The molecule has 0 saturated carbocycles. The third kappa shape index (κ3) is 6.18. The maximum absolute atomic E-state index is 5.55. The van der Waals surface area contributed by atoms with E-state index in [0.717, 1.165) is 122 Å². The number of aromatic nitrogens is 8. The van der Waals surface area contributed by atoms with E-state index < -0.39 is 0 Å². The molecular formula is C61H46N8. The molecule has 330 valence electrons. The van der Waals surface area contributed by atoms with Crippen molar-refractivity contribution in [2.24, 2.45) is 0 Å². The molecule has 0 radical (unpaired) electrons. The fourth-order valence-corrected chi connectivity index (χ4v) is 11.4. The topological polar surface area (TPSA) is 79.2 Å². The second-order valence-electron chi connectivity index (χ2n) is 18.5. The summed E-state index contributed by atoms with van der Waals surface area (Å²) in [6, 6.07) is 56.7. The van der Waals surface area contributed by atoms with E-state index in [4.69, 9.17) is 24.9 Å². The quantitative estimate of drug-likeness (QED) is 0.166. The Hall–Kier alpha value is -8.75. The van der Waals surface area contributed by atoms with Gasteiger partial charge in [0.1, 0.15) is 11.0 Å². The van der Waals surface area contributed by atoms with E-state index in [1.807, 2.05) is 24.5 Å². The number of hydrogen-bond acceptors (Lipinski definition) is 5. The molecule has 0 saturated heterocycles. The second-order valence-corrected chi connectivity index (χ2v) is 18.5. The summed E-state index contributed by atoms with van der Waals surface area (Å²) in [6.45, 7) is 12.9. The smallest absolute Gasteiger partial charge is 0.164 e. The van der Waals surface area contributed by atoms with Crippen LogP contribution in [0.4, 0.5) is 0 Å². The van der Waals surface area contributed by atoms with Crippen LogP contribution in [0.1, 0.15) is 33.4 Å². The first-order valence-electron chi connectivity index (χ1n) is 23.5. The molecule has 0 amide bonds. The zero-order chi connectivity index (χ0) is 46.7. The highest BCUT2D eigenvalue weighted by atomic mass is 15.1. The van der Waals surface area contributed by atoms with Gasteiger partial charge in [0.05, 0.1) is 50.2 Å². The number of fused-ring (bicyclic) bond motifs is 9. The number of nitrogens with zero attached hydrogens (tertiary/aromatic N) is 8. The minimum atomic E-state index is 0.579. The molecule has 0 aliphatic heterocycles. The van der Waals surface area contributed by atoms with Gasteiger partial charge in [-0.15, -0.1) is 0 Å². The summed E-state index contributed by atoms with van der Waals surface area (Å²) < 4.78 is 7.22. The van der Waals surface area contributed by atoms with Gasteiger partial charge in [0.25, 0.3) is 0 Å². The standard InChI is InChI=1S/C61H46N8/c1-35-29-37(3)54(38(4)30-35)60-64-59(65-61(66-60)55-39(5)31-36(2)32-40(55)6)41-33-52(67-46-21-11-7-17-42(46)43-18-8-12-22-47(43)67)58(69-50-25-15-27-62-56(50)57-51(69)26-16-28-63-57)53(34-41)68-48-23-13-9-19-44(48)45-20-10-14-24-49(45)68/h7-34H,1-6H3. The molecule has 0 spiro atoms. The van der Waals surface area contributed by atoms with Crippen LogP contribution in [0.15, 0.2) is 170 Å². The average molecular weight is 891 g/mol. The number of pyridine rings is 2. The summed E-state index contributed by atoms with van der Waals surface area (Å²) >= 11 is 0. The van der Waals surface area contributed by atoms with Crippen LogP contribution in [-0.2, 0) is 0 Å². The average Bonchev–Trinajstić information content (AvgIpc) is 3.99. The van der Waals surface area contributed by atoms with E-state index >= 15 is 0 Å². The largest absolute Gasteiger partial charge is 0.307 e. The van der Waals surface area contributed by atoms with Crippen LogP contribution < -0.4 is 0 Å². The van der Waals surface area contributed by atoms with Gasteiger partial charge in [-0.1, -0.05) is 108 Å². The lowest BCUT2D eigenvalue weighted by Crippen LogP contribution is -2.11. The Balaban J connectivity index is 1.26. The van der Waals surface area contributed by atoms with Gasteiger partial charge >= 0.3 is 0 Å². The lowest BCUT2D eigenvalue weighted by Gasteiger charge is -2.23. The van der Waals surface area contributed by atoms with Crippen molar-refractivity contribution in [3.05, 3.63) is 203 Å². The van der Waals surface area contributed by atoms with Crippen LogP contribution in [0.25, 0.3) is 117 Å². The van der Waals surface area contributed by atoms with Gasteiger partial charge in [0, 0.05) is 50.6 Å². The zero-order valence-corrected chi connectivity index (χ0v) is 39.2. The summed E-state index contributed by atoms with van der Waals surface area (Å²) in [6.07, 6.45) is 3.72. The summed E-state index contributed by atoms with van der Waals surface area (Å²) in [5, 5.41) is 4.64. The van der Waals surface area contributed by atoms with Crippen LogP contribution in [-0.4, -0.2) is 38.6 Å². The van der Waals surface area contributed by atoms with Crippen LogP contribution >= 0.6 is 0 Å². The molecule has 0 bridgehead atoms. The van der Waals surface area contributed by atoms with Gasteiger partial charge in [-0.3, -0.25) is 9.97 Å². The van der Waals surface area contributed by atoms with Crippen molar-refractivity contribution in [3.63, 3.8) is 0 Å². The first kappa shape index (κ1) is 40.5. The molecule has 8 nitrogen and oxygen atoms in total. The normalized spacial score (nSPS) is 11.9. The van der Waals surface area contributed by atoms with Crippen molar-refractivity contribution in [2.45, 2.75) is 41.5 Å². The Morgan fingerprint density at radius 1 is 0.333 bits per heavy atom. The molecule has 6 aromatic heterocycles. The Labute approximate surface area is 398 Å². The predicted molar refractivity (Wildman–Crippen MR) is 283 cm³/mol. The van der Waals surface area contributed by atoms with Gasteiger partial charge in [-0.05, 0) is 124 Å². The summed E-state index contributed by atoms with van der Waals surface area (Å²) in [5.41, 5.74) is 20.5. The van der Waals surface area contributed by atoms with Crippen molar-refractivity contribution in [2.75, 3.05) is 0 Å². The van der Waals surface area contributed by atoms with Crippen molar-refractivity contribution in [1.29, 1.82) is 0 Å². The van der Waals surface area contributed by atoms with Crippen LogP contribution in [0, 0.1) is 41.5 Å². The monoisotopic (exact) mass is 890 g/mol. The molecule has 0 N–H and O–H groups in total. The van der Waals surface area contributed by atoms with Gasteiger partial charge in [-0.25, -0.2) is 15.0 Å². The van der Waals surface area contributed by atoms with E-state index in [1.54, 1.807) is 0 Å². The lowest BCUT2D eigenvalue weighted by atomic mass is 9.97. The Morgan fingerprint density at radius 2 is 0.667 bits per heavy atom. The third-order valence-electron chi connectivity index (χ3n) is 13.9. The highest BCUT2D eigenvalue weighted by Crippen LogP contribution is 2.44. The number of rotatable bonds is 6. The Morgan fingerprint density at radius 3 is 1.04 bits per heavy atom. The van der Waals surface area contributed by atoms with Crippen molar-refractivity contribution < 1.29 is 0 Å². The molecule has 8 heteroatoms. The molecular weight excluding hydrogens is 845 g/mol. The number of hydrogen-bond donors (Lipinski definition) is 0. The maximum Gasteiger partial charge on any atom is 0.164 e. The molecule has 13 rings (SSSR count). The zero-order valence-electron chi connectivity index (χ0n) is 39.2. The van der Waals surface area contributed by atoms with E-state index in [1.165, 1.54) is 11.1 Å². The van der Waals surface area contributed by atoms with Crippen molar-refractivity contribution in [1.82, 2.24) is 38.6 Å². The fourth-order valence-electron chi connectivity index (χ4n) is 11.4. The highest BCUT2D eigenvalue weighted by molar-refractivity contribution is 6.13. The number of aryl methyl sites for hydroxylation is 6. The third-order valence-corrected chi connectivity index (χ3v) is 13.9. The van der Waals surface area contributed by atoms with Crippen molar-refractivity contribution in [3.8, 4) is 51.2 Å². The molecule has 0 aliphatic carbocycles. The van der Waals surface area contributed by atoms with E-state index in [9.17, 15) is 0 Å². The molecule has 13 aromatic rings. The molecule has 7 aromatic carbocycles. The second kappa shape index (κ2) is 15.4.